The van der Waals surface area contributed by atoms with Crippen LogP contribution in [0.25, 0.3) is 11.2 Å². The molecule has 0 aliphatic carbocycles. The van der Waals surface area contributed by atoms with Crippen LogP contribution in [0.5, 0.6) is 0 Å². The summed E-state index contributed by atoms with van der Waals surface area (Å²) >= 11 is 0. The van der Waals surface area contributed by atoms with Gasteiger partial charge in [-0.3, -0.25) is 38.7 Å². The fourth-order valence-corrected chi connectivity index (χ4v) is 6.63. The number of amides is 5. The third kappa shape index (κ3) is 25.3. The van der Waals surface area contributed by atoms with Crippen molar-refractivity contribution in [1.29, 1.82) is 5.53 Å². The van der Waals surface area contributed by atoms with Gasteiger partial charge in [-0.2, -0.15) is 10.1 Å². The van der Waals surface area contributed by atoms with Crippen molar-refractivity contribution >= 4 is 58.3 Å². The van der Waals surface area contributed by atoms with Crippen LogP contribution in [0.2, 0.25) is 0 Å². The van der Waals surface area contributed by atoms with E-state index in [0.717, 1.165) is 4.90 Å². The number of aromatic amines is 1. The SMILES string of the molecule is N=N/C(=C\NCCOCCOCCOCCOCCOCCOCCOCCNC(=O)CCN1C(=O)C=CC1=O)CCCCNC(=O)CC[C@H](NC(=O)c1ccc(NCc2cnc3nc(N)[nH]c(=O)c3n2)cc1)C(=O)O. The number of rotatable bonds is 43. The van der Waals surface area contributed by atoms with Gasteiger partial charge in [0.05, 0.1) is 117 Å². The standard InChI is InChI=1S/C48H69N13O15/c49-48-58-44-43(46(67)59-48)56-37(33-55-44)32-54-35-6-4-34(5-7-35)45(66)57-38(47(68)69)8-9-39(62)52-13-2-1-3-36(60-50)31-51-14-17-70-19-21-72-23-25-74-27-29-76-30-28-75-26-24-73-22-20-71-18-15-53-40(63)12-16-61-41(64)10-11-42(61)65/h4-7,10-11,31,33,38,50-51,54H,1-3,8-9,12-30,32H2,(H,52,62)(H,53,63)(H,57,66)(H,68,69)(H3,49,55,58,59,67)/b36-31-,60-50?/t38-/m0/s1. The van der Waals surface area contributed by atoms with Crippen LogP contribution in [0.15, 0.2) is 64.4 Å². The van der Waals surface area contributed by atoms with E-state index in [9.17, 15) is 38.7 Å². The molecule has 10 N–H and O–H groups in total. The number of carboxylic acids is 1. The van der Waals surface area contributed by atoms with Crippen molar-refractivity contribution in [3.05, 3.63) is 76.1 Å². The van der Waals surface area contributed by atoms with Gasteiger partial charge in [0.1, 0.15) is 6.04 Å². The first-order valence-corrected chi connectivity index (χ1v) is 24.7. The van der Waals surface area contributed by atoms with Crippen molar-refractivity contribution in [3.8, 4) is 0 Å². The first kappa shape index (κ1) is 61.2. The first-order chi connectivity index (χ1) is 36.9. The second-order valence-electron chi connectivity index (χ2n) is 16.4. The minimum atomic E-state index is -1.29. The molecular weight excluding hydrogens is 999 g/mol. The normalized spacial score (nSPS) is 12.7. The number of nitrogens with zero attached hydrogens (tertiary/aromatic N) is 5. The summed E-state index contributed by atoms with van der Waals surface area (Å²) in [5.41, 5.74) is 14.5. The highest BCUT2D eigenvalue weighted by atomic mass is 16.6. The Bertz CT molecular complexity index is 2410. The van der Waals surface area contributed by atoms with E-state index >= 15 is 0 Å². The Morgan fingerprint density at radius 3 is 1.86 bits per heavy atom. The fourth-order valence-electron chi connectivity index (χ4n) is 6.63. The Hall–Kier alpha value is -7.34. The molecule has 28 nitrogen and oxygen atoms in total. The monoisotopic (exact) mass is 1070 g/mol. The predicted octanol–water partition coefficient (Wildman–Crippen LogP) is 0.167. The van der Waals surface area contributed by atoms with Crippen LogP contribution in [-0.2, 0) is 63.7 Å². The van der Waals surface area contributed by atoms with E-state index in [1.54, 1.807) is 18.3 Å². The molecule has 1 aliphatic heterocycles. The summed E-state index contributed by atoms with van der Waals surface area (Å²) in [7, 11) is 0. The number of benzene rings is 1. The fraction of sp³-hybridized carbons (Fsp3) is 0.542. The van der Waals surface area contributed by atoms with E-state index in [2.05, 4.69) is 51.6 Å². The Labute approximate surface area is 438 Å². The number of aromatic nitrogens is 4. The molecule has 0 fully saturated rings. The number of nitrogens with one attached hydrogen (secondary N) is 7. The number of aliphatic carboxylic acids is 1. The molecule has 0 radical (unpaired) electrons. The summed E-state index contributed by atoms with van der Waals surface area (Å²) in [5.74, 6) is -3.41. The van der Waals surface area contributed by atoms with Crippen molar-refractivity contribution in [3.63, 3.8) is 0 Å². The zero-order chi connectivity index (χ0) is 54.6. The highest BCUT2D eigenvalue weighted by molar-refractivity contribution is 6.13. The average Bonchev–Trinajstić information content (AvgIpc) is 3.74. The van der Waals surface area contributed by atoms with Crippen LogP contribution >= 0.6 is 0 Å². The molecule has 28 heteroatoms. The summed E-state index contributed by atoms with van der Waals surface area (Å²) in [6.45, 7) is 7.00. The molecule has 3 aromatic rings. The summed E-state index contributed by atoms with van der Waals surface area (Å²) in [6, 6.07) is 5.00. The van der Waals surface area contributed by atoms with Crippen LogP contribution in [0.4, 0.5) is 11.6 Å². The summed E-state index contributed by atoms with van der Waals surface area (Å²) in [4.78, 5) is 99.9. The largest absolute Gasteiger partial charge is 0.480 e. The van der Waals surface area contributed by atoms with Crippen LogP contribution in [0.1, 0.15) is 54.6 Å². The quantitative estimate of drug-likeness (QED) is 0.0207. The number of nitrogen functional groups attached to an aromatic ring is 1. The molecule has 416 valence electrons. The number of hydrogen-bond acceptors (Lipinski definition) is 22. The molecule has 3 heterocycles. The smallest absolute Gasteiger partial charge is 0.326 e. The number of allylic oxidation sites excluding steroid dienone is 1. The maximum atomic E-state index is 12.9. The van der Waals surface area contributed by atoms with E-state index in [-0.39, 0.29) is 66.8 Å². The summed E-state index contributed by atoms with van der Waals surface area (Å²) in [6.07, 6.45) is 7.03. The summed E-state index contributed by atoms with van der Waals surface area (Å²) in [5, 5.41) is 27.3. The number of H-pyrrole nitrogens is 1. The summed E-state index contributed by atoms with van der Waals surface area (Å²) < 4.78 is 38.4. The molecule has 0 saturated carbocycles. The second kappa shape index (κ2) is 36.6. The highest BCUT2D eigenvalue weighted by Crippen LogP contribution is 2.13. The zero-order valence-electron chi connectivity index (χ0n) is 42.3. The maximum Gasteiger partial charge on any atom is 0.326 e. The minimum Gasteiger partial charge on any atom is -0.480 e. The second-order valence-corrected chi connectivity index (χ2v) is 16.4. The van der Waals surface area contributed by atoms with Crippen LogP contribution in [-0.4, -0.2) is 190 Å². The molecule has 0 unspecified atom stereocenters. The van der Waals surface area contributed by atoms with Crippen molar-refractivity contribution in [2.75, 3.05) is 130 Å². The number of anilines is 2. The van der Waals surface area contributed by atoms with Gasteiger partial charge in [0.25, 0.3) is 23.3 Å². The van der Waals surface area contributed by atoms with Crippen molar-refractivity contribution in [1.82, 2.24) is 46.1 Å². The molecule has 5 amide bonds. The topological polar surface area (TPSA) is 384 Å². The molecule has 1 aromatic carbocycles. The third-order valence-corrected chi connectivity index (χ3v) is 10.6. The number of hydrogen-bond donors (Lipinski definition) is 9. The van der Waals surface area contributed by atoms with Gasteiger partial charge in [-0.25, -0.2) is 20.3 Å². The molecule has 4 rings (SSSR count). The predicted molar refractivity (Wildman–Crippen MR) is 272 cm³/mol. The Kier molecular flexibility index (Phi) is 29.5. The van der Waals surface area contributed by atoms with E-state index < -0.39 is 35.3 Å². The van der Waals surface area contributed by atoms with Gasteiger partial charge in [0.15, 0.2) is 11.2 Å². The molecule has 1 aliphatic rings. The molecule has 0 saturated heterocycles. The molecule has 76 heavy (non-hydrogen) atoms. The Morgan fingerprint density at radius 2 is 1.28 bits per heavy atom. The van der Waals surface area contributed by atoms with E-state index in [4.69, 9.17) is 44.4 Å². The molecule has 0 spiro atoms. The van der Waals surface area contributed by atoms with Gasteiger partial charge in [-0.05, 0) is 49.9 Å². The molecular formula is C48H69N13O15. The van der Waals surface area contributed by atoms with Gasteiger partial charge < -0.3 is 70.6 Å². The number of fused-ring (bicyclic) bond motifs is 1. The number of imide groups is 1. The highest BCUT2D eigenvalue weighted by Gasteiger charge is 2.24. The van der Waals surface area contributed by atoms with Gasteiger partial charge in [-0.15, -0.1) is 0 Å². The van der Waals surface area contributed by atoms with Crippen molar-refractivity contribution < 1.29 is 67.0 Å². The van der Waals surface area contributed by atoms with Crippen LogP contribution in [0, 0.1) is 5.53 Å². The lowest BCUT2D eigenvalue weighted by Crippen LogP contribution is -2.41. The van der Waals surface area contributed by atoms with E-state index in [1.807, 2.05) is 0 Å². The van der Waals surface area contributed by atoms with E-state index in [0.29, 0.717) is 148 Å². The van der Waals surface area contributed by atoms with E-state index in [1.165, 1.54) is 30.5 Å². The number of carbonyl (C=O) groups excluding carboxylic acids is 5. The number of unbranched alkanes of at least 4 members (excludes halogenated alkanes) is 1. The van der Waals surface area contributed by atoms with Crippen LogP contribution in [0.3, 0.4) is 0 Å². The number of nitrogens with two attached hydrogens (primary N) is 1. The third-order valence-electron chi connectivity index (χ3n) is 10.6. The molecule has 1 atom stereocenters. The number of carboxylic acid groups (broad SMARTS) is 1. The lowest BCUT2D eigenvalue weighted by molar-refractivity contribution is -0.140. The van der Waals surface area contributed by atoms with Crippen molar-refractivity contribution in [2.24, 2.45) is 5.11 Å². The minimum absolute atomic E-state index is 0.0319. The van der Waals surface area contributed by atoms with Crippen LogP contribution < -0.4 is 37.9 Å². The van der Waals surface area contributed by atoms with Gasteiger partial charge >= 0.3 is 5.97 Å². The Balaban J connectivity index is 0.875. The molecule has 0 bridgehead atoms. The number of ether oxygens (including phenoxy) is 7. The van der Waals surface area contributed by atoms with Gasteiger partial charge in [-0.1, -0.05) is 0 Å². The molecule has 2 aromatic heterocycles. The van der Waals surface area contributed by atoms with Gasteiger partial charge in [0, 0.05) is 68.6 Å². The number of carbonyl (C=O) groups is 6. The lowest BCUT2D eigenvalue weighted by Gasteiger charge is -2.15. The first-order valence-electron chi connectivity index (χ1n) is 24.7. The maximum absolute atomic E-state index is 12.9. The van der Waals surface area contributed by atoms with Crippen molar-refractivity contribution in [2.45, 2.75) is 51.1 Å². The zero-order valence-corrected chi connectivity index (χ0v) is 42.3. The lowest BCUT2D eigenvalue weighted by atomic mass is 10.1. The van der Waals surface area contributed by atoms with Gasteiger partial charge in [0.2, 0.25) is 17.8 Å². The average molecular weight is 1070 g/mol. The Morgan fingerprint density at radius 1 is 0.724 bits per heavy atom.